The van der Waals surface area contributed by atoms with E-state index < -0.39 is 0 Å². The Kier molecular flexibility index (Phi) is 5.66. The molecule has 2 rings (SSSR count). The Morgan fingerprint density at radius 2 is 2.26 bits per heavy atom. The first-order valence-corrected chi connectivity index (χ1v) is 7.14. The third-order valence-electron chi connectivity index (χ3n) is 3.04. The Morgan fingerprint density at radius 1 is 1.47 bits per heavy atom. The summed E-state index contributed by atoms with van der Waals surface area (Å²) < 4.78 is 11.0. The van der Waals surface area contributed by atoms with Gasteiger partial charge in [0.05, 0.1) is 12.8 Å². The summed E-state index contributed by atoms with van der Waals surface area (Å²) >= 11 is 6.05. The van der Waals surface area contributed by atoms with Crippen molar-refractivity contribution in [1.82, 2.24) is 9.97 Å². The van der Waals surface area contributed by atoms with Crippen LogP contribution in [0.25, 0.3) is 0 Å². The standard InChI is InChI=1S/C13H20ClN3O2/c1-2-5-15-13-16-8-11(14)12(17-13)19-9-10-3-6-18-7-4-10/h8,10H,2-7,9H2,1H3,(H,15,16,17). The molecule has 0 aromatic carbocycles. The van der Waals surface area contributed by atoms with Crippen LogP contribution in [0.15, 0.2) is 6.20 Å². The molecule has 0 aliphatic carbocycles. The molecule has 5 nitrogen and oxygen atoms in total. The van der Waals surface area contributed by atoms with Crippen molar-refractivity contribution >= 4 is 17.5 Å². The second-order valence-corrected chi connectivity index (χ2v) is 5.05. The van der Waals surface area contributed by atoms with E-state index in [1.807, 2.05) is 0 Å². The van der Waals surface area contributed by atoms with Crippen LogP contribution in [0.2, 0.25) is 5.02 Å². The highest BCUT2D eigenvalue weighted by Gasteiger charge is 2.16. The lowest BCUT2D eigenvalue weighted by molar-refractivity contribution is 0.0490. The van der Waals surface area contributed by atoms with E-state index in [4.69, 9.17) is 21.1 Å². The molecule has 1 aliphatic rings. The zero-order valence-corrected chi connectivity index (χ0v) is 11.9. The number of rotatable bonds is 6. The van der Waals surface area contributed by atoms with Crippen LogP contribution in [0.3, 0.4) is 0 Å². The van der Waals surface area contributed by atoms with Crippen molar-refractivity contribution in [2.45, 2.75) is 26.2 Å². The van der Waals surface area contributed by atoms with Crippen LogP contribution in [-0.4, -0.2) is 36.3 Å². The summed E-state index contributed by atoms with van der Waals surface area (Å²) in [5.74, 6) is 1.54. The molecular weight excluding hydrogens is 266 g/mol. The molecule has 1 N–H and O–H groups in total. The van der Waals surface area contributed by atoms with Crippen molar-refractivity contribution in [3.8, 4) is 5.88 Å². The highest BCUT2D eigenvalue weighted by Crippen LogP contribution is 2.24. The van der Waals surface area contributed by atoms with Crippen molar-refractivity contribution in [3.63, 3.8) is 0 Å². The second-order valence-electron chi connectivity index (χ2n) is 4.64. The number of ether oxygens (including phenoxy) is 2. The molecule has 0 saturated carbocycles. The van der Waals surface area contributed by atoms with E-state index in [1.54, 1.807) is 6.20 Å². The number of hydrogen-bond donors (Lipinski definition) is 1. The monoisotopic (exact) mass is 285 g/mol. The Labute approximate surface area is 118 Å². The van der Waals surface area contributed by atoms with Gasteiger partial charge >= 0.3 is 0 Å². The van der Waals surface area contributed by atoms with Gasteiger partial charge in [0.2, 0.25) is 11.8 Å². The van der Waals surface area contributed by atoms with E-state index in [9.17, 15) is 0 Å². The molecule has 0 radical (unpaired) electrons. The van der Waals surface area contributed by atoms with Gasteiger partial charge in [-0.25, -0.2) is 4.98 Å². The summed E-state index contributed by atoms with van der Waals surface area (Å²) in [6.07, 6.45) is 4.66. The fourth-order valence-corrected chi connectivity index (χ4v) is 2.03. The Morgan fingerprint density at radius 3 is 3.00 bits per heavy atom. The molecule has 1 aliphatic heterocycles. The first-order valence-electron chi connectivity index (χ1n) is 6.76. The predicted molar refractivity (Wildman–Crippen MR) is 74.9 cm³/mol. The highest BCUT2D eigenvalue weighted by molar-refractivity contribution is 6.31. The smallest absolute Gasteiger partial charge is 0.237 e. The van der Waals surface area contributed by atoms with Crippen molar-refractivity contribution in [2.24, 2.45) is 5.92 Å². The van der Waals surface area contributed by atoms with Gasteiger partial charge in [-0.3, -0.25) is 0 Å². The van der Waals surface area contributed by atoms with Crippen LogP contribution < -0.4 is 10.1 Å². The number of hydrogen-bond acceptors (Lipinski definition) is 5. The lowest BCUT2D eigenvalue weighted by Crippen LogP contribution is -2.21. The molecule has 6 heteroatoms. The van der Waals surface area contributed by atoms with Gasteiger partial charge in [-0.1, -0.05) is 18.5 Å². The van der Waals surface area contributed by atoms with E-state index >= 15 is 0 Å². The number of nitrogens with zero attached hydrogens (tertiary/aromatic N) is 2. The first-order chi connectivity index (χ1) is 9.29. The predicted octanol–water partition coefficient (Wildman–Crippen LogP) is 2.76. The largest absolute Gasteiger partial charge is 0.476 e. The molecule has 0 spiro atoms. The van der Waals surface area contributed by atoms with Crippen LogP contribution in [-0.2, 0) is 4.74 Å². The molecule has 0 bridgehead atoms. The third kappa shape index (κ3) is 4.51. The summed E-state index contributed by atoms with van der Waals surface area (Å²) in [6.45, 7) is 5.18. The average Bonchev–Trinajstić information content (AvgIpc) is 2.46. The Hall–Kier alpha value is -1.07. The average molecular weight is 286 g/mol. The summed E-state index contributed by atoms with van der Waals surface area (Å²) in [5, 5.41) is 3.57. The Bertz CT molecular complexity index is 397. The molecule has 19 heavy (non-hydrogen) atoms. The zero-order valence-electron chi connectivity index (χ0n) is 11.2. The highest BCUT2D eigenvalue weighted by atomic mass is 35.5. The van der Waals surface area contributed by atoms with Gasteiger partial charge in [0.1, 0.15) is 5.02 Å². The fourth-order valence-electron chi connectivity index (χ4n) is 1.88. The number of nitrogens with one attached hydrogen (secondary N) is 1. The van der Waals surface area contributed by atoms with Crippen LogP contribution in [0.4, 0.5) is 5.95 Å². The van der Waals surface area contributed by atoms with Gasteiger partial charge in [0.15, 0.2) is 0 Å². The number of halogens is 1. The van der Waals surface area contributed by atoms with Gasteiger partial charge < -0.3 is 14.8 Å². The van der Waals surface area contributed by atoms with Crippen LogP contribution in [0.5, 0.6) is 5.88 Å². The third-order valence-corrected chi connectivity index (χ3v) is 3.30. The van der Waals surface area contributed by atoms with Crippen LogP contribution in [0.1, 0.15) is 26.2 Å². The van der Waals surface area contributed by atoms with Crippen molar-refractivity contribution in [1.29, 1.82) is 0 Å². The molecule has 106 valence electrons. The maximum absolute atomic E-state index is 6.05. The maximum atomic E-state index is 6.05. The molecule has 1 saturated heterocycles. The van der Waals surface area contributed by atoms with E-state index in [2.05, 4.69) is 22.2 Å². The quantitative estimate of drug-likeness (QED) is 0.871. The molecule has 0 unspecified atom stereocenters. The van der Waals surface area contributed by atoms with Crippen molar-refractivity contribution in [2.75, 3.05) is 31.7 Å². The van der Waals surface area contributed by atoms with E-state index in [0.717, 1.165) is 39.0 Å². The fraction of sp³-hybridized carbons (Fsp3) is 0.692. The lowest BCUT2D eigenvalue weighted by atomic mass is 10.0. The molecule has 2 heterocycles. The summed E-state index contributed by atoms with van der Waals surface area (Å²) in [4.78, 5) is 8.40. The van der Waals surface area contributed by atoms with Gasteiger partial charge in [-0.05, 0) is 25.2 Å². The normalized spacial score (nSPS) is 16.3. The lowest BCUT2D eigenvalue weighted by Gasteiger charge is -2.22. The molecule has 1 aromatic rings. The van der Waals surface area contributed by atoms with Gasteiger partial charge in [-0.15, -0.1) is 0 Å². The summed E-state index contributed by atoms with van der Waals surface area (Å²) in [7, 11) is 0. The SMILES string of the molecule is CCCNc1ncc(Cl)c(OCC2CCOCC2)n1. The van der Waals surface area contributed by atoms with Crippen LogP contribution >= 0.6 is 11.6 Å². The molecule has 1 aromatic heterocycles. The van der Waals surface area contributed by atoms with Gasteiger partial charge in [0, 0.05) is 19.8 Å². The van der Waals surface area contributed by atoms with E-state index in [0.29, 0.717) is 29.4 Å². The maximum Gasteiger partial charge on any atom is 0.237 e. The summed E-state index contributed by atoms with van der Waals surface area (Å²) in [6, 6.07) is 0. The van der Waals surface area contributed by atoms with E-state index in [-0.39, 0.29) is 0 Å². The zero-order chi connectivity index (χ0) is 13.5. The second kappa shape index (κ2) is 7.50. The minimum absolute atomic E-state index is 0.453. The van der Waals surface area contributed by atoms with Gasteiger partial charge in [0.25, 0.3) is 0 Å². The minimum Gasteiger partial charge on any atom is -0.476 e. The first kappa shape index (κ1) is 14.3. The van der Waals surface area contributed by atoms with Crippen molar-refractivity contribution < 1.29 is 9.47 Å². The van der Waals surface area contributed by atoms with E-state index in [1.165, 1.54) is 0 Å². The molecule has 0 atom stereocenters. The summed E-state index contributed by atoms with van der Waals surface area (Å²) in [5.41, 5.74) is 0. The molecule has 1 fully saturated rings. The minimum atomic E-state index is 0.453. The van der Waals surface area contributed by atoms with Crippen LogP contribution in [0, 0.1) is 5.92 Å². The van der Waals surface area contributed by atoms with Crippen molar-refractivity contribution in [3.05, 3.63) is 11.2 Å². The Balaban J connectivity index is 1.90. The number of anilines is 1. The molecular formula is C13H20ClN3O2. The topological polar surface area (TPSA) is 56.3 Å². The molecule has 0 amide bonds. The number of aromatic nitrogens is 2. The van der Waals surface area contributed by atoms with Gasteiger partial charge in [-0.2, -0.15) is 4.98 Å².